The number of halogens is 2. The third-order valence-corrected chi connectivity index (χ3v) is 3.77. The van der Waals surface area contributed by atoms with E-state index in [2.05, 4.69) is 15.2 Å². The zero-order valence-electron chi connectivity index (χ0n) is 12.4. The number of urea groups is 1. The van der Waals surface area contributed by atoms with E-state index in [1.165, 1.54) is 6.07 Å². The maximum absolute atomic E-state index is 13.6. The summed E-state index contributed by atoms with van der Waals surface area (Å²) < 4.78 is 26.4. The molecule has 2 amide bonds. The van der Waals surface area contributed by atoms with E-state index in [0.717, 1.165) is 18.0 Å². The van der Waals surface area contributed by atoms with Crippen LogP contribution >= 0.6 is 0 Å². The van der Waals surface area contributed by atoms with Gasteiger partial charge in [-0.1, -0.05) is 6.07 Å². The molecule has 1 aliphatic heterocycles. The number of hydrogen-bond donors (Lipinski definition) is 1. The van der Waals surface area contributed by atoms with Crippen LogP contribution in [0.25, 0.3) is 0 Å². The minimum absolute atomic E-state index is 0.0183. The van der Waals surface area contributed by atoms with Crippen molar-refractivity contribution in [3.05, 3.63) is 54.2 Å². The van der Waals surface area contributed by atoms with Crippen LogP contribution in [0.15, 0.2) is 42.6 Å². The highest BCUT2D eigenvalue weighted by Gasteiger charge is 2.26. The monoisotopic (exact) mass is 319 g/mol. The van der Waals surface area contributed by atoms with Gasteiger partial charge in [-0.05, 0) is 18.2 Å². The number of nitrogens with zero attached hydrogens (tertiary/aromatic N) is 2. The third-order valence-electron chi connectivity index (χ3n) is 3.77. The van der Waals surface area contributed by atoms with Crippen LogP contribution < -0.4 is 15.2 Å². The number of hydrogen-bond acceptors (Lipinski definition) is 2. The molecule has 1 aromatic heterocycles. The molecule has 7 heteroatoms. The molecular formula is C16H17F2N4O+. The fraction of sp³-hybridized carbons (Fsp3) is 0.250. The Bertz CT molecular complexity index is 688. The Kier molecular flexibility index (Phi) is 4.36. The molecule has 0 atom stereocenters. The topological polar surface area (TPSA) is 49.7 Å². The summed E-state index contributed by atoms with van der Waals surface area (Å²) in [5.74, 6) is -0.457. The lowest BCUT2D eigenvalue weighted by Crippen LogP contribution is -2.51. The maximum Gasteiger partial charge on any atom is 0.322 e. The SMILES string of the molecule is O=C(Nc1ccc(F)cc1F)N1CCN(c2cccc[nH+]2)CC1. The molecule has 3 rings (SSSR count). The molecule has 1 aliphatic rings. The van der Waals surface area contributed by atoms with Crippen LogP contribution in [0.3, 0.4) is 0 Å². The van der Waals surface area contributed by atoms with E-state index in [0.29, 0.717) is 26.2 Å². The Hall–Kier alpha value is -2.70. The smallest absolute Gasteiger partial charge is 0.317 e. The molecule has 1 fully saturated rings. The number of benzene rings is 1. The normalized spacial score (nSPS) is 14.7. The average molecular weight is 319 g/mol. The van der Waals surface area contributed by atoms with Crippen LogP contribution in [0, 0.1) is 11.6 Å². The lowest BCUT2D eigenvalue weighted by atomic mass is 10.3. The van der Waals surface area contributed by atoms with Crippen LogP contribution in [-0.4, -0.2) is 37.1 Å². The number of piperazine rings is 1. The molecule has 0 unspecified atom stereocenters. The molecular weight excluding hydrogens is 302 g/mol. The summed E-state index contributed by atoms with van der Waals surface area (Å²) in [5, 5.41) is 2.48. The molecule has 0 bridgehead atoms. The molecule has 120 valence electrons. The van der Waals surface area contributed by atoms with Crippen molar-refractivity contribution >= 4 is 17.5 Å². The van der Waals surface area contributed by atoms with Gasteiger partial charge in [0.1, 0.15) is 24.7 Å². The summed E-state index contributed by atoms with van der Waals surface area (Å²) in [4.78, 5) is 19.1. The van der Waals surface area contributed by atoms with Gasteiger partial charge >= 0.3 is 6.03 Å². The van der Waals surface area contributed by atoms with E-state index in [4.69, 9.17) is 0 Å². The van der Waals surface area contributed by atoms with Crippen LogP contribution in [0.5, 0.6) is 0 Å². The van der Waals surface area contributed by atoms with Gasteiger partial charge < -0.3 is 10.2 Å². The number of carbonyl (C=O) groups excluding carboxylic acids is 1. The number of amides is 2. The van der Waals surface area contributed by atoms with Crippen molar-refractivity contribution in [2.45, 2.75) is 0 Å². The number of aromatic amines is 1. The van der Waals surface area contributed by atoms with Gasteiger partial charge in [0.05, 0.1) is 25.0 Å². The summed E-state index contributed by atoms with van der Waals surface area (Å²) in [6.07, 6.45) is 1.85. The highest BCUT2D eigenvalue weighted by Crippen LogP contribution is 2.16. The minimum atomic E-state index is -0.782. The third kappa shape index (κ3) is 3.56. The number of H-pyrrole nitrogens is 1. The Morgan fingerprint density at radius 1 is 1.09 bits per heavy atom. The highest BCUT2D eigenvalue weighted by atomic mass is 19.1. The second kappa shape index (κ2) is 6.60. The Morgan fingerprint density at radius 2 is 1.87 bits per heavy atom. The van der Waals surface area contributed by atoms with Crippen LogP contribution in [0.1, 0.15) is 0 Å². The van der Waals surface area contributed by atoms with Crippen molar-refractivity contribution in [2.24, 2.45) is 0 Å². The number of rotatable bonds is 2. The molecule has 1 saturated heterocycles. The van der Waals surface area contributed by atoms with Gasteiger partial charge in [-0.25, -0.2) is 18.6 Å². The standard InChI is InChI=1S/C16H16F2N4O/c17-12-4-5-14(13(18)11-12)20-16(23)22-9-7-21(8-10-22)15-3-1-2-6-19-15/h1-6,11H,7-10H2,(H,20,23)/p+1. The Balaban J connectivity index is 1.58. The number of nitrogens with one attached hydrogen (secondary N) is 2. The molecule has 23 heavy (non-hydrogen) atoms. The van der Waals surface area contributed by atoms with E-state index in [-0.39, 0.29) is 11.7 Å². The quantitative estimate of drug-likeness (QED) is 0.922. The fourth-order valence-corrected chi connectivity index (χ4v) is 2.52. The van der Waals surface area contributed by atoms with Crippen molar-refractivity contribution in [1.82, 2.24) is 4.90 Å². The van der Waals surface area contributed by atoms with Gasteiger partial charge in [0.25, 0.3) is 5.82 Å². The summed E-state index contributed by atoms with van der Waals surface area (Å²) in [7, 11) is 0. The largest absolute Gasteiger partial charge is 0.322 e. The molecule has 0 spiro atoms. The van der Waals surface area contributed by atoms with Gasteiger partial charge in [0.2, 0.25) is 0 Å². The maximum atomic E-state index is 13.6. The first-order valence-corrected chi connectivity index (χ1v) is 7.36. The first-order valence-electron chi connectivity index (χ1n) is 7.36. The summed E-state index contributed by atoms with van der Waals surface area (Å²) >= 11 is 0. The van der Waals surface area contributed by atoms with E-state index >= 15 is 0 Å². The molecule has 0 saturated carbocycles. The fourth-order valence-electron chi connectivity index (χ4n) is 2.52. The lowest BCUT2D eigenvalue weighted by molar-refractivity contribution is -0.364. The van der Waals surface area contributed by atoms with Crippen LogP contribution in [-0.2, 0) is 0 Å². The summed E-state index contributed by atoms with van der Waals surface area (Å²) in [5.41, 5.74) is -0.0183. The van der Waals surface area contributed by atoms with E-state index < -0.39 is 11.6 Å². The van der Waals surface area contributed by atoms with Gasteiger partial charge in [0, 0.05) is 12.1 Å². The van der Waals surface area contributed by atoms with Gasteiger partial charge in [-0.15, -0.1) is 0 Å². The summed E-state index contributed by atoms with van der Waals surface area (Å²) in [6, 6.07) is 8.53. The lowest BCUT2D eigenvalue weighted by Gasteiger charge is -2.31. The Morgan fingerprint density at radius 3 is 2.52 bits per heavy atom. The Labute approximate surface area is 132 Å². The van der Waals surface area contributed by atoms with E-state index in [9.17, 15) is 13.6 Å². The minimum Gasteiger partial charge on any atom is -0.317 e. The number of carbonyl (C=O) groups is 1. The molecule has 2 aromatic rings. The molecule has 0 radical (unpaired) electrons. The predicted molar refractivity (Wildman–Crippen MR) is 82.2 cm³/mol. The molecule has 0 aliphatic carbocycles. The zero-order chi connectivity index (χ0) is 16.2. The first kappa shape index (κ1) is 15.2. The van der Waals surface area contributed by atoms with Gasteiger partial charge in [0.15, 0.2) is 0 Å². The van der Waals surface area contributed by atoms with Crippen molar-refractivity contribution < 1.29 is 18.6 Å². The number of aromatic nitrogens is 1. The van der Waals surface area contributed by atoms with Crippen LogP contribution in [0.2, 0.25) is 0 Å². The average Bonchev–Trinajstić information content (AvgIpc) is 2.58. The van der Waals surface area contributed by atoms with Crippen molar-refractivity contribution in [3.63, 3.8) is 0 Å². The van der Waals surface area contributed by atoms with Crippen molar-refractivity contribution in [1.29, 1.82) is 0 Å². The first-order chi connectivity index (χ1) is 11.1. The molecule has 5 nitrogen and oxygen atoms in total. The van der Waals surface area contributed by atoms with E-state index in [1.807, 2.05) is 24.4 Å². The summed E-state index contributed by atoms with van der Waals surface area (Å²) in [6.45, 7) is 2.41. The highest BCUT2D eigenvalue weighted by molar-refractivity contribution is 5.89. The van der Waals surface area contributed by atoms with Crippen molar-refractivity contribution in [2.75, 3.05) is 36.4 Å². The van der Waals surface area contributed by atoms with Crippen molar-refractivity contribution in [3.8, 4) is 0 Å². The second-order valence-corrected chi connectivity index (χ2v) is 5.28. The van der Waals surface area contributed by atoms with Gasteiger partial charge in [-0.3, -0.25) is 4.90 Å². The molecule has 2 N–H and O–H groups in total. The van der Waals surface area contributed by atoms with Gasteiger partial charge in [-0.2, -0.15) is 0 Å². The second-order valence-electron chi connectivity index (χ2n) is 5.28. The molecule has 1 aromatic carbocycles. The number of anilines is 2. The van der Waals surface area contributed by atoms with E-state index in [1.54, 1.807) is 4.90 Å². The number of pyridine rings is 1. The van der Waals surface area contributed by atoms with Crippen LogP contribution in [0.4, 0.5) is 25.1 Å². The zero-order valence-corrected chi connectivity index (χ0v) is 12.4. The predicted octanol–water partition coefficient (Wildman–Crippen LogP) is 2.13. The molecule has 2 heterocycles.